The zero-order chi connectivity index (χ0) is 23.6. The molecular weight excluding hydrogens is 442 g/mol. The summed E-state index contributed by atoms with van der Waals surface area (Å²) in [5, 5.41) is 7.49. The van der Waals surface area contributed by atoms with Crippen molar-refractivity contribution in [1.82, 2.24) is 9.78 Å². The third-order valence-corrected chi connectivity index (χ3v) is 7.45. The molecule has 33 heavy (non-hydrogen) atoms. The van der Waals surface area contributed by atoms with Gasteiger partial charge in [-0.25, -0.2) is 13.1 Å². The highest BCUT2D eigenvalue weighted by molar-refractivity contribution is 7.91. The van der Waals surface area contributed by atoms with Crippen molar-refractivity contribution < 1.29 is 22.7 Å². The van der Waals surface area contributed by atoms with Crippen LogP contribution >= 0.6 is 0 Å². The minimum Gasteiger partial charge on any atom is -0.497 e. The molecule has 2 heterocycles. The predicted octanol–water partition coefficient (Wildman–Crippen LogP) is 3.55. The normalized spacial score (nSPS) is 17.0. The van der Waals surface area contributed by atoms with E-state index in [-0.39, 0.29) is 30.1 Å². The van der Waals surface area contributed by atoms with Crippen LogP contribution in [0.3, 0.4) is 0 Å². The first kappa shape index (κ1) is 22.8. The van der Waals surface area contributed by atoms with E-state index in [0.29, 0.717) is 23.7 Å². The van der Waals surface area contributed by atoms with Gasteiger partial charge in [0.15, 0.2) is 16.4 Å². The standard InChI is InChI=1S/C24H27N3O5S/c1-16-5-4-6-17(2)24(16)32-14-23(28)25-22-13-21(18-7-9-20(31-3)10-8-18)26-27(22)19-11-12-33(29,30)15-19/h4-10,13,19H,11-12,14-15H2,1-3H3,(H,25,28). The fraction of sp³-hybridized carbons (Fsp3) is 0.333. The molecule has 2 aromatic carbocycles. The first-order valence-corrected chi connectivity index (χ1v) is 12.5. The average molecular weight is 470 g/mol. The SMILES string of the molecule is COc1ccc(-c2cc(NC(=O)COc3c(C)cccc3C)n(C3CCS(=O)(=O)C3)n2)cc1. The van der Waals surface area contributed by atoms with Crippen molar-refractivity contribution in [2.45, 2.75) is 26.3 Å². The molecule has 8 nitrogen and oxygen atoms in total. The largest absolute Gasteiger partial charge is 0.497 e. The molecule has 1 fully saturated rings. The molecule has 1 unspecified atom stereocenters. The molecule has 3 aromatic rings. The van der Waals surface area contributed by atoms with Gasteiger partial charge in [-0.1, -0.05) is 18.2 Å². The van der Waals surface area contributed by atoms with Crippen molar-refractivity contribution in [2.75, 3.05) is 30.5 Å². The number of rotatable bonds is 7. The number of sulfone groups is 1. The maximum absolute atomic E-state index is 12.7. The highest BCUT2D eigenvalue weighted by atomic mass is 32.2. The van der Waals surface area contributed by atoms with Crippen LogP contribution in [0.2, 0.25) is 0 Å². The number of para-hydroxylation sites is 1. The van der Waals surface area contributed by atoms with Gasteiger partial charge < -0.3 is 14.8 Å². The average Bonchev–Trinajstić information content (AvgIpc) is 3.36. The van der Waals surface area contributed by atoms with Gasteiger partial charge in [-0.2, -0.15) is 5.10 Å². The Labute approximate surface area is 193 Å². The molecule has 1 amide bonds. The van der Waals surface area contributed by atoms with Crippen molar-refractivity contribution in [3.8, 4) is 22.8 Å². The number of amides is 1. The predicted molar refractivity (Wildman–Crippen MR) is 127 cm³/mol. The quantitative estimate of drug-likeness (QED) is 0.568. The number of hydrogen-bond donors (Lipinski definition) is 1. The zero-order valence-electron chi connectivity index (χ0n) is 18.9. The Bertz CT molecular complexity index is 1250. The summed E-state index contributed by atoms with van der Waals surface area (Å²) in [6.45, 7) is 3.69. The Hall–Kier alpha value is -3.33. The molecule has 1 aliphatic heterocycles. The highest BCUT2D eigenvalue weighted by Gasteiger charge is 2.32. The molecule has 0 bridgehead atoms. The van der Waals surface area contributed by atoms with Gasteiger partial charge in [0.25, 0.3) is 5.91 Å². The summed E-state index contributed by atoms with van der Waals surface area (Å²) >= 11 is 0. The second kappa shape index (κ2) is 9.27. The molecule has 1 atom stereocenters. The summed E-state index contributed by atoms with van der Waals surface area (Å²) in [6.07, 6.45) is 0.452. The second-order valence-electron chi connectivity index (χ2n) is 8.20. The Morgan fingerprint density at radius 3 is 2.45 bits per heavy atom. The number of aromatic nitrogens is 2. The van der Waals surface area contributed by atoms with E-state index in [1.165, 1.54) is 0 Å². The topological polar surface area (TPSA) is 99.5 Å². The smallest absolute Gasteiger partial charge is 0.263 e. The maximum atomic E-state index is 12.7. The van der Waals surface area contributed by atoms with Crippen LogP contribution in [0.5, 0.6) is 11.5 Å². The lowest BCUT2D eigenvalue weighted by Crippen LogP contribution is -2.24. The van der Waals surface area contributed by atoms with Crippen molar-refractivity contribution in [3.63, 3.8) is 0 Å². The molecule has 0 radical (unpaired) electrons. The summed E-state index contributed by atoms with van der Waals surface area (Å²) in [5.41, 5.74) is 3.36. The molecule has 1 aromatic heterocycles. The molecule has 9 heteroatoms. The molecule has 1 aliphatic rings. The molecule has 0 saturated carbocycles. The number of carbonyl (C=O) groups excluding carboxylic acids is 1. The molecule has 0 spiro atoms. The van der Waals surface area contributed by atoms with Crippen molar-refractivity contribution >= 4 is 21.6 Å². The van der Waals surface area contributed by atoms with Gasteiger partial charge in [0.2, 0.25) is 0 Å². The van der Waals surface area contributed by atoms with E-state index >= 15 is 0 Å². The Balaban J connectivity index is 1.57. The van der Waals surface area contributed by atoms with Gasteiger partial charge >= 0.3 is 0 Å². The van der Waals surface area contributed by atoms with E-state index in [1.807, 2.05) is 56.3 Å². The lowest BCUT2D eigenvalue weighted by molar-refractivity contribution is -0.118. The minimum atomic E-state index is -3.12. The van der Waals surface area contributed by atoms with Crippen LogP contribution in [0.15, 0.2) is 48.5 Å². The molecule has 174 valence electrons. The van der Waals surface area contributed by atoms with Crippen molar-refractivity contribution in [2.24, 2.45) is 0 Å². The van der Waals surface area contributed by atoms with Crippen LogP contribution in [-0.2, 0) is 14.6 Å². The van der Waals surface area contributed by atoms with Gasteiger partial charge in [0.1, 0.15) is 17.3 Å². The van der Waals surface area contributed by atoms with Crippen LogP contribution < -0.4 is 14.8 Å². The third-order valence-electron chi connectivity index (χ3n) is 5.70. The second-order valence-corrected chi connectivity index (χ2v) is 10.4. The molecule has 1 saturated heterocycles. The van der Waals surface area contributed by atoms with Crippen LogP contribution in [0, 0.1) is 13.8 Å². The van der Waals surface area contributed by atoms with Gasteiger partial charge in [-0.15, -0.1) is 0 Å². The first-order valence-electron chi connectivity index (χ1n) is 10.7. The highest BCUT2D eigenvalue weighted by Crippen LogP contribution is 2.31. The van der Waals surface area contributed by atoms with Crippen molar-refractivity contribution in [1.29, 1.82) is 0 Å². The van der Waals surface area contributed by atoms with E-state index < -0.39 is 9.84 Å². The molecule has 1 N–H and O–H groups in total. The zero-order valence-corrected chi connectivity index (χ0v) is 19.7. The Morgan fingerprint density at radius 2 is 1.85 bits per heavy atom. The number of nitrogens with zero attached hydrogens (tertiary/aromatic N) is 2. The number of methoxy groups -OCH3 is 1. The lowest BCUT2D eigenvalue weighted by atomic mass is 10.1. The third kappa shape index (κ3) is 5.19. The summed E-state index contributed by atoms with van der Waals surface area (Å²) < 4.78 is 36.7. The molecule has 0 aliphatic carbocycles. The van der Waals surface area contributed by atoms with Crippen LogP contribution in [-0.4, -0.2) is 49.3 Å². The number of anilines is 1. The fourth-order valence-electron chi connectivity index (χ4n) is 3.98. The minimum absolute atomic E-state index is 0.00148. The first-order chi connectivity index (χ1) is 15.8. The maximum Gasteiger partial charge on any atom is 0.263 e. The van der Waals surface area contributed by atoms with E-state index in [9.17, 15) is 13.2 Å². The van der Waals surface area contributed by atoms with E-state index in [0.717, 1.165) is 22.4 Å². The van der Waals surface area contributed by atoms with Crippen LogP contribution in [0.1, 0.15) is 23.6 Å². The molecular formula is C24H27N3O5S. The van der Waals surface area contributed by atoms with Crippen LogP contribution in [0.4, 0.5) is 5.82 Å². The number of ether oxygens (including phenoxy) is 2. The number of carbonyl (C=O) groups is 1. The van der Waals surface area contributed by atoms with E-state index in [4.69, 9.17) is 9.47 Å². The fourth-order valence-corrected chi connectivity index (χ4v) is 5.67. The summed E-state index contributed by atoms with van der Waals surface area (Å²) in [4.78, 5) is 12.7. The van der Waals surface area contributed by atoms with E-state index in [2.05, 4.69) is 10.4 Å². The van der Waals surface area contributed by atoms with Gasteiger partial charge in [0, 0.05) is 11.6 Å². The number of nitrogens with one attached hydrogen (secondary N) is 1. The molecule has 4 rings (SSSR count). The van der Waals surface area contributed by atoms with Gasteiger partial charge in [-0.05, 0) is 55.7 Å². The van der Waals surface area contributed by atoms with Crippen molar-refractivity contribution in [3.05, 3.63) is 59.7 Å². The van der Waals surface area contributed by atoms with Gasteiger partial charge in [-0.3, -0.25) is 4.79 Å². The summed E-state index contributed by atoms with van der Waals surface area (Å²) in [5.74, 6) is 1.61. The lowest BCUT2D eigenvalue weighted by Gasteiger charge is -2.15. The van der Waals surface area contributed by atoms with E-state index in [1.54, 1.807) is 17.9 Å². The summed E-state index contributed by atoms with van der Waals surface area (Å²) in [7, 11) is -1.53. The summed E-state index contributed by atoms with van der Waals surface area (Å²) in [6, 6.07) is 14.6. The monoisotopic (exact) mass is 469 g/mol. The number of hydrogen-bond acceptors (Lipinski definition) is 6. The Kier molecular flexibility index (Phi) is 6.42. The Morgan fingerprint density at radius 1 is 1.15 bits per heavy atom. The number of benzene rings is 2. The van der Waals surface area contributed by atoms with Crippen LogP contribution in [0.25, 0.3) is 11.3 Å². The number of aryl methyl sites for hydroxylation is 2. The van der Waals surface area contributed by atoms with Gasteiger partial charge in [0.05, 0.1) is 30.4 Å².